The number of likely N-dealkylation sites (tertiary alicyclic amines) is 1. The summed E-state index contributed by atoms with van der Waals surface area (Å²) in [6, 6.07) is 13.6. The van der Waals surface area contributed by atoms with Crippen LogP contribution in [-0.4, -0.2) is 54.0 Å². The highest BCUT2D eigenvalue weighted by Gasteiger charge is 2.44. The number of amides is 2. The molecule has 2 aromatic carbocycles. The summed E-state index contributed by atoms with van der Waals surface area (Å²) < 4.78 is 5.20. The summed E-state index contributed by atoms with van der Waals surface area (Å²) in [7, 11) is 1.38. The predicted octanol–water partition coefficient (Wildman–Crippen LogP) is 3.48. The number of nitrogens with zero attached hydrogens (tertiary/aromatic N) is 1. The summed E-state index contributed by atoms with van der Waals surface area (Å²) in [5.41, 5.74) is 7.28. The van der Waals surface area contributed by atoms with Crippen molar-refractivity contribution in [1.29, 1.82) is 0 Å². The Morgan fingerprint density at radius 3 is 2.40 bits per heavy atom. The number of anilines is 1. The lowest BCUT2D eigenvalue weighted by Crippen LogP contribution is -2.48. The van der Waals surface area contributed by atoms with Crippen LogP contribution in [-0.2, 0) is 9.59 Å². The number of rotatable bonds is 7. The third-order valence-electron chi connectivity index (χ3n) is 7.41. The van der Waals surface area contributed by atoms with Gasteiger partial charge >= 0.3 is 5.97 Å². The molecular formula is C27H33N3O5. The average Bonchev–Trinajstić information content (AvgIpc) is 3.34. The molecule has 0 bridgehead atoms. The smallest absolute Gasteiger partial charge is 0.339 e. The van der Waals surface area contributed by atoms with Crippen LogP contribution in [0.15, 0.2) is 48.5 Å². The minimum Gasteiger partial charge on any atom is -0.496 e. The molecule has 2 atom stereocenters. The van der Waals surface area contributed by atoms with E-state index in [1.807, 2.05) is 30.3 Å². The Hall–Kier alpha value is -3.39. The molecule has 8 heteroatoms. The summed E-state index contributed by atoms with van der Waals surface area (Å²) in [4.78, 5) is 40.4. The van der Waals surface area contributed by atoms with Crippen molar-refractivity contribution in [2.75, 3.05) is 25.5 Å². The first-order chi connectivity index (χ1) is 16.9. The van der Waals surface area contributed by atoms with Gasteiger partial charge in [-0.15, -0.1) is 0 Å². The number of carboxylic acid groups (broad SMARTS) is 1. The molecule has 186 valence electrons. The van der Waals surface area contributed by atoms with E-state index in [2.05, 4.69) is 5.32 Å². The van der Waals surface area contributed by atoms with Crippen molar-refractivity contribution in [2.24, 2.45) is 17.6 Å². The molecule has 2 fully saturated rings. The number of methoxy groups -OCH3 is 1. The van der Waals surface area contributed by atoms with Crippen molar-refractivity contribution in [1.82, 2.24) is 4.90 Å². The Kier molecular flexibility index (Phi) is 7.70. The largest absolute Gasteiger partial charge is 0.496 e. The van der Waals surface area contributed by atoms with E-state index in [9.17, 15) is 19.5 Å². The van der Waals surface area contributed by atoms with E-state index < -0.39 is 12.0 Å². The molecule has 1 aliphatic heterocycles. The molecule has 0 radical (unpaired) electrons. The van der Waals surface area contributed by atoms with Crippen molar-refractivity contribution in [3.05, 3.63) is 59.7 Å². The number of hydrogen-bond acceptors (Lipinski definition) is 5. The van der Waals surface area contributed by atoms with Crippen LogP contribution in [0.25, 0.3) is 0 Å². The lowest BCUT2D eigenvalue weighted by molar-refractivity contribution is -0.141. The molecule has 4 N–H and O–H groups in total. The molecule has 35 heavy (non-hydrogen) atoms. The van der Waals surface area contributed by atoms with Gasteiger partial charge in [0.05, 0.1) is 7.11 Å². The molecule has 8 nitrogen and oxygen atoms in total. The molecule has 1 heterocycles. The molecule has 0 aromatic heterocycles. The van der Waals surface area contributed by atoms with Crippen molar-refractivity contribution in [2.45, 2.75) is 44.1 Å². The Labute approximate surface area is 205 Å². The summed E-state index contributed by atoms with van der Waals surface area (Å²) >= 11 is 0. The monoisotopic (exact) mass is 479 g/mol. The number of aromatic carboxylic acids is 1. The van der Waals surface area contributed by atoms with Gasteiger partial charge in [0.2, 0.25) is 11.8 Å². The fraction of sp³-hybridized carbons (Fsp3) is 0.444. The van der Waals surface area contributed by atoms with E-state index in [0.29, 0.717) is 31.1 Å². The molecule has 0 unspecified atom stereocenters. The van der Waals surface area contributed by atoms with Crippen LogP contribution in [0.3, 0.4) is 0 Å². The second-order valence-electron chi connectivity index (χ2n) is 9.45. The van der Waals surface area contributed by atoms with Crippen molar-refractivity contribution < 1.29 is 24.2 Å². The number of carbonyl (C=O) groups is 3. The fourth-order valence-electron chi connectivity index (χ4n) is 5.45. The lowest BCUT2D eigenvalue weighted by Gasteiger charge is -2.33. The molecule has 0 spiro atoms. The molecule has 2 amide bonds. The second kappa shape index (κ2) is 10.9. The van der Waals surface area contributed by atoms with Crippen LogP contribution in [0.2, 0.25) is 0 Å². The minimum atomic E-state index is -1.11. The zero-order valence-corrected chi connectivity index (χ0v) is 20.0. The summed E-state index contributed by atoms with van der Waals surface area (Å²) in [5.74, 6) is -0.939. The van der Waals surface area contributed by atoms with Gasteiger partial charge in [0, 0.05) is 30.1 Å². The van der Waals surface area contributed by atoms with Gasteiger partial charge in [-0.25, -0.2) is 4.79 Å². The van der Waals surface area contributed by atoms with Gasteiger partial charge in [-0.05, 0) is 62.3 Å². The molecular weight excluding hydrogens is 446 g/mol. The minimum absolute atomic E-state index is 0.0124. The van der Waals surface area contributed by atoms with Gasteiger partial charge in [-0.3, -0.25) is 9.59 Å². The Bertz CT molecular complexity index is 1070. The Morgan fingerprint density at radius 1 is 1.06 bits per heavy atom. The average molecular weight is 480 g/mol. The van der Waals surface area contributed by atoms with E-state index >= 15 is 0 Å². The summed E-state index contributed by atoms with van der Waals surface area (Å²) in [6.07, 6.45) is 4.18. The SMILES string of the molecule is COc1cc(NC(=O)[C@@H]2[C@H](c3ccccc3)CCN2C(=O)C2CCC(CN)CC2)ccc1C(=O)O. The maximum absolute atomic E-state index is 13.6. The number of carboxylic acids is 1. The Morgan fingerprint density at radius 2 is 1.77 bits per heavy atom. The summed E-state index contributed by atoms with van der Waals surface area (Å²) in [6.45, 7) is 1.17. The zero-order chi connectivity index (χ0) is 24.9. The number of nitrogens with two attached hydrogens (primary N) is 1. The quantitative estimate of drug-likeness (QED) is 0.559. The van der Waals surface area contributed by atoms with Crippen LogP contribution < -0.4 is 15.8 Å². The second-order valence-corrected chi connectivity index (χ2v) is 9.45. The third-order valence-corrected chi connectivity index (χ3v) is 7.41. The summed E-state index contributed by atoms with van der Waals surface area (Å²) in [5, 5.41) is 12.2. The van der Waals surface area contributed by atoms with Gasteiger partial charge < -0.3 is 25.8 Å². The van der Waals surface area contributed by atoms with Gasteiger partial charge in [-0.2, -0.15) is 0 Å². The van der Waals surface area contributed by atoms with Crippen molar-refractivity contribution >= 4 is 23.5 Å². The number of nitrogens with one attached hydrogen (secondary N) is 1. The van der Waals surface area contributed by atoms with Crippen LogP contribution in [0.1, 0.15) is 53.9 Å². The zero-order valence-electron chi connectivity index (χ0n) is 20.0. The van der Waals surface area contributed by atoms with Crippen LogP contribution >= 0.6 is 0 Å². The van der Waals surface area contributed by atoms with Crippen LogP contribution in [0.4, 0.5) is 5.69 Å². The van der Waals surface area contributed by atoms with Gasteiger partial charge in [0.25, 0.3) is 0 Å². The predicted molar refractivity (Wildman–Crippen MR) is 132 cm³/mol. The fourth-order valence-corrected chi connectivity index (χ4v) is 5.45. The maximum Gasteiger partial charge on any atom is 0.339 e. The van der Waals surface area contributed by atoms with Crippen LogP contribution in [0.5, 0.6) is 5.75 Å². The number of hydrogen-bond donors (Lipinski definition) is 3. The first-order valence-corrected chi connectivity index (χ1v) is 12.2. The maximum atomic E-state index is 13.6. The van der Waals surface area contributed by atoms with Gasteiger partial charge in [0.15, 0.2) is 0 Å². The Balaban J connectivity index is 1.58. The molecule has 2 aromatic rings. The number of benzene rings is 2. The van der Waals surface area contributed by atoms with E-state index in [0.717, 1.165) is 31.2 Å². The number of ether oxygens (including phenoxy) is 1. The molecule has 1 saturated heterocycles. The highest BCUT2D eigenvalue weighted by Crippen LogP contribution is 2.38. The van der Waals surface area contributed by atoms with E-state index in [-0.39, 0.29) is 35.0 Å². The van der Waals surface area contributed by atoms with E-state index in [1.165, 1.54) is 25.3 Å². The molecule has 4 rings (SSSR count). The van der Waals surface area contributed by atoms with Crippen molar-refractivity contribution in [3.8, 4) is 5.75 Å². The van der Waals surface area contributed by atoms with Crippen molar-refractivity contribution in [3.63, 3.8) is 0 Å². The van der Waals surface area contributed by atoms with Gasteiger partial charge in [-0.1, -0.05) is 30.3 Å². The van der Waals surface area contributed by atoms with Crippen LogP contribution in [0, 0.1) is 11.8 Å². The number of carbonyl (C=O) groups excluding carboxylic acids is 2. The first-order valence-electron chi connectivity index (χ1n) is 12.2. The standard InChI is InChI=1S/C27H33N3O5/c1-35-23-15-20(11-12-22(23)27(33)34)29-25(31)24-21(18-5-3-2-4-6-18)13-14-30(24)26(32)19-9-7-17(16-28)8-10-19/h2-6,11-12,15,17,19,21,24H,7-10,13-14,16,28H2,1H3,(H,29,31)(H,33,34)/t17?,19?,21-,24-/m0/s1. The molecule has 2 aliphatic rings. The normalized spacial score (nSPS) is 24.1. The first kappa shape index (κ1) is 24.7. The molecule has 1 saturated carbocycles. The third kappa shape index (κ3) is 5.32. The van der Waals surface area contributed by atoms with E-state index in [4.69, 9.17) is 10.5 Å². The van der Waals surface area contributed by atoms with E-state index in [1.54, 1.807) is 4.90 Å². The highest BCUT2D eigenvalue weighted by atomic mass is 16.5. The van der Waals surface area contributed by atoms with Gasteiger partial charge in [0.1, 0.15) is 17.4 Å². The highest BCUT2D eigenvalue weighted by molar-refractivity contribution is 5.99. The molecule has 1 aliphatic carbocycles. The topological polar surface area (TPSA) is 122 Å². The lowest BCUT2D eigenvalue weighted by atomic mass is 9.81.